The predicted octanol–water partition coefficient (Wildman–Crippen LogP) is 4.56. The maximum atomic E-state index is 11.2. The zero-order valence-corrected chi connectivity index (χ0v) is 16.7. The lowest BCUT2D eigenvalue weighted by molar-refractivity contribution is 0.0405. The first-order valence-corrected chi connectivity index (χ1v) is 11.0. The minimum Gasteiger partial charge on any atom is -0.386 e. The molecule has 0 aromatic rings. The summed E-state index contributed by atoms with van der Waals surface area (Å²) in [4.78, 5) is 0. The molecule has 0 spiro atoms. The highest BCUT2D eigenvalue weighted by molar-refractivity contribution is 5.38. The van der Waals surface area contributed by atoms with Gasteiger partial charge in [0.1, 0.15) is 5.60 Å². The van der Waals surface area contributed by atoms with Crippen molar-refractivity contribution in [2.24, 2.45) is 0 Å². The molecule has 3 aliphatic carbocycles. The van der Waals surface area contributed by atoms with E-state index >= 15 is 0 Å². The van der Waals surface area contributed by atoms with E-state index in [2.05, 4.69) is 11.8 Å². The second-order valence-corrected chi connectivity index (χ2v) is 9.05. The van der Waals surface area contributed by atoms with E-state index in [1.165, 1.54) is 12.8 Å². The van der Waals surface area contributed by atoms with Gasteiger partial charge in [-0.15, -0.1) is 0 Å². The van der Waals surface area contributed by atoms with Crippen LogP contribution in [0.2, 0.25) is 0 Å². The van der Waals surface area contributed by atoms with Gasteiger partial charge in [0.15, 0.2) is 0 Å². The molecule has 0 unspecified atom stereocenters. The summed E-state index contributed by atoms with van der Waals surface area (Å²) in [6.07, 6.45) is 19.9. The van der Waals surface area contributed by atoms with E-state index in [0.29, 0.717) is 0 Å². The summed E-state index contributed by atoms with van der Waals surface area (Å²) in [5.41, 5.74) is -1.69. The fourth-order valence-electron chi connectivity index (χ4n) is 4.85. The number of allylic oxidation sites excluding steroid dienone is 1. The van der Waals surface area contributed by atoms with Crippen molar-refractivity contribution in [3.05, 3.63) is 23.8 Å². The molecular formula is C24H36O3. The van der Waals surface area contributed by atoms with Crippen LogP contribution in [0.5, 0.6) is 0 Å². The maximum Gasteiger partial charge on any atom is 0.125 e. The van der Waals surface area contributed by atoms with Crippen LogP contribution in [0.4, 0.5) is 0 Å². The van der Waals surface area contributed by atoms with Crippen LogP contribution < -0.4 is 0 Å². The zero-order valence-electron chi connectivity index (χ0n) is 16.7. The Morgan fingerprint density at radius 3 is 1.78 bits per heavy atom. The molecule has 3 N–H and O–H groups in total. The van der Waals surface area contributed by atoms with Crippen molar-refractivity contribution >= 4 is 0 Å². The zero-order chi connectivity index (χ0) is 19.2. The summed E-state index contributed by atoms with van der Waals surface area (Å²) in [5.74, 6) is 6.12. The van der Waals surface area contributed by atoms with Gasteiger partial charge in [0.05, 0.1) is 11.2 Å². The molecule has 3 fully saturated rings. The number of aliphatic hydroxyl groups is 3. The van der Waals surface area contributed by atoms with Gasteiger partial charge in [-0.05, 0) is 63.0 Å². The smallest absolute Gasteiger partial charge is 0.125 e. The van der Waals surface area contributed by atoms with Gasteiger partial charge in [0, 0.05) is 0 Å². The summed E-state index contributed by atoms with van der Waals surface area (Å²) < 4.78 is 0. The van der Waals surface area contributed by atoms with Crippen LogP contribution in [0.25, 0.3) is 0 Å². The van der Waals surface area contributed by atoms with Crippen molar-refractivity contribution in [1.29, 1.82) is 0 Å². The molecule has 0 aliphatic heterocycles. The monoisotopic (exact) mass is 372 g/mol. The Kier molecular flexibility index (Phi) is 6.84. The quantitative estimate of drug-likeness (QED) is 0.503. The van der Waals surface area contributed by atoms with Crippen LogP contribution in [0, 0.1) is 11.8 Å². The first-order chi connectivity index (χ1) is 12.9. The van der Waals surface area contributed by atoms with Crippen LogP contribution in [0.15, 0.2) is 23.8 Å². The summed E-state index contributed by atoms with van der Waals surface area (Å²) in [6, 6.07) is 0. The van der Waals surface area contributed by atoms with E-state index in [-0.39, 0.29) is 0 Å². The van der Waals surface area contributed by atoms with Crippen LogP contribution >= 0.6 is 0 Å². The second kappa shape index (κ2) is 8.95. The van der Waals surface area contributed by atoms with Crippen LogP contribution in [0.1, 0.15) is 96.3 Å². The van der Waals surface area contributed by atoms with E-state index in [9.17, 15) is 15.3 Å². The van der Waals surface area contributed by atoms with Gasteiger partial charge in [-0.3, -0.25) is 0 Å². The fraction of sp³-hybridized carbons (Fsp3) is 0.750. The van der Waals surface area contributed by atoms with Gasteiger partial charge in [-0.2, -0.15) is 0 Å². The van der Waals surface area contributed by atoms with Crippen molar-refractivity contribution in [3.63, 3.8) is 0 Å². The Balaban J connectivity index is 1.81. The fourth-order valence-corrected chi connectivity index (χ4v) is 4.85. The van der Waals surface area contributed by atoms with Crippen molar-refractivity contribution in [2.45, 2.75) is 113 Å². The third-order valence-corrected chi connectivity index (χ3v) is 6.72. The molecule has 3 aliphatic rings. The van der Waals surface area contributed by atoms with E-state index in [1.807, 2.05) is 12.2 Å². The van der Waals surface area contributed by atoms with Crippen molar-refractivity contribution in [1.82, 2.24) is 0 Å². The van der Waals surface area contributed by atoms with Crippen LogP contribution in [-0.4, -0.2) is 32.1 Å². The SMILES string of the molecule is OC1(C#CC=C(C=CC2(O)CCCCC2)C2(O)CCCCC2)CCCCC1. The molecule has 0 radical (unpaired) electrons. The normalized spacial score (nSPS) is 27.7. The molecular weight excluding hydrogens is 336 g/mol. The predicted molar refractivity (Wildman–Crippen MR) is 109 cm³/mol. The first kappa shape index (κ1) is 20.6. The van der Waals surface area contributed by atoms with Crippen LogP contribution in [0.3, 0.4) is 0 Å². The molecule has 3 heteroatoms. The van der Waals surface area contributed by atoms with Gasteiger partial charge in [0.25, 0.3) is 0 Å². The van der Waals surface area contributed by atoms with Gasteiger partial charge >= 0.3 is 0 Å². The third-order valence-electron chi connectivity index (χ3n) is 6.72. The van der Waals surface area contributed by atoms with E-state index in [4.69, 9.17) is 0 Å². The number of hydrogen-bond acceptors (Lipinski definition) is 3. The molecule has 3 saturated carbocycles. The molecule has 0 saturated heterocycles. The molecule has 0 aromatic carbocycles. The molecule has 0 heterocycles. The molecule has 0 aromatic heterocycles. The van der Waals surface area contributed by atoms with Crippen molar-refractivity contribution < 1.29 is 15.3 Å². The molecule has 0 amide bonds. The molecule has 0 atom stereocenters. The average molecular weight is 373 g/mol. The lowest BCUT2D eigenvalue weighted by Gasteiger charge is -2.34. The van der Waals surface area contributed by atoms with Crippen molar-refractivity contribution in [3.8, 4) is 11.8 Å². The highest BCUT2D eigenvalue weighted by Gasteiger charge is 2.33. The van der Waals surface area contributed by atoms with E-state index in [0.717, 1.165) is 89.0 Å². The topological polar surface area (TPSA) is 60.7 Å². The van der Waals surface area contributed by atoms with Crippen LogP contribution in [-0.2, 0) is 0 Å². The molecule has 3 nitrogen and oxygen atoms in total. The molecule has 0 bridgehead atoms. The average Bonchev–Trinajstić information content (AvgIpc) is 2.66. The molecule has 3 rings (SSSR count). The summed E-state index contributed by atoms with van der Waals surface area (Å²) in [5, 5.41) is 32.6. The van der Waals surface area contributed by atoms with E-state index < -0.39 is 16.8 Å². The third kappa shape index (κ3) is 5.70. The summed E-state index contributed by atoms with van der Waals surface area (Å²) in [7, 11) is 0. The maximum absolute atomic E-state index is 11.2. The van der Waals surface area contributed by atoms with Crippen molar-refractivity contribution in [2.75, 3.05) is 0 Å². The standard InChI is InChI=1S/C24H36O3/c25-22(13-4-1-5-14-22)17-10-11-21(24(27)18-8-3-9-19-24)12-20-23(26)15-6-2-7-16-23/h11-12,20,25-27H,1-9,13-16,18-19H2. The largest absolute Gasteiger partial charge is 0.386 e. The lowest BCUT2D eigenvalue weighted by Crippen LogP contribution is -2.34. The number of hydrogen-bond donors (Lipinski definition) is 3. The van der Waals surface area contributed by atoms with E-state index in [1.54, 1.807) is 6.08 Å². The summed E-state index contributed by atoms with van der Waals surface area (Å²) in [6.45, 7) is 0. The Labute approximate surface area is 164 Å². The Hall–Kier alpha value is -1.08. The Morgan fingerprint density at radius 2 is 1.19 bits per heavy atom. The van der Waals surface area contributed by atoms with Gasteiger partial charge in [0.2, 0.25) is 0 Å². The number of rotatable bonds is 3. The highest BCUT2D eigenvalue weighted by Crippen LogP contribution is 2.36. The second-order valence-electron chi connectivity index (χ2n) is 9.05. The molecule has 150 valence electrons. The van der Waals surface area contributed by atoms with Gasteiger partial charge in [-0.25, -0.2) is 0 Å². The Morgan fingerprint density at radius 1 is 0.667 bits per heavy atom. The van der Waals surface area contributed by atoms with Gasteiger partial charge in [-0.1, -0.05) is 68.9 Å². The highest BCUT2D eigenvalue weighted by atomic mass is 16.3. The summed E-state index contributed by atoms with van der Waals surface area (Å²) >= 11 is 0. The Bertz CT molecular complexity index is 601. The minimum atomic E-state index is -0.875. The first-order valence-electron chi connectivity index (χ1n) is 11.0. The van der Waals surface area contributed by atoms with Gasteiger partial charge < -0.3 is 15.3 Å². The minimum absolute atomic E-state index is 0.739. The lowest BCUT2D eigenvalue weighted by atomic mass is 9.77. The molecule has 27 heavy (non-hydrogen) atoms.